The van der Waals surface area contributed by atoms with Gasteiger partial charge in [-0.05, 0) is 48.7 Å². The summed E-state index contributed by atoms with van der Waals surface area (Å²) < 4.78 is 16.8. The number of rotatable bonds is 6. The predicted octanol–water partition coefficient (Wildman–Crippen LogP) is 3.39. The average molecular weight is 459 g/mol. The Hall–Kier alpha value is -2.77. The Morgan fingerprint density at radius 3 is 2.41 bits per heavy atom. The van der Waals surface area contributed by atoms with Crippen LogP contribution in [0.15, 0.2) is 42.5 Å². The van der Waals surface area contributed by atoms with Gasteiger partial charge in [0.1, 0.15) is 12.7 Å². The maximum absolute atomic E-state index is 13.0. The maximum atomic E-state index is 13.0. The standard InChI is InChI=1S/C24H27ClN2O5/c1-30-22-15-18(6-9-20(22)32-16-17-4-7-19(25)8-5-17)23(28)26-10-12-27(13-11-26)24(29)21-3-2-14-31-21/h4-9,15,21H,2-3,10-14,16H2,1H3. The number of hydrogen-bond acceptors (Lipinski definition) is 5. The third-order valence-electron chi connectivity index (χ3n) is 5.80. The van der Waals surface area contributed by atoms with E-state index in [2.05, 4.69) is 0 Å². The lowest BCUT2D eigenvalue weighted by Crippen LogP contribution is -2.52. The molecule has 2 aromatic rings. The van der Waals surface area contributed by atoms with Gasteiger partial charge < -0.3 is 24.0 Å². The number of hydrogen-bond donors (Lipinski definition) is 0. The number of ether oxygens (including phenoxy) is 3. The number of amides is 2. The lowest BCUT2D eigenvalue weighted by Gasteiger charge is -2.35. The molecule has 0 radical (unpaired) electrons. The Labute approximate surface area is 192 Å². The molecule has 4 rings (SSSR count). The van der Waals surface area contributed by atoms with Crippen molar-refractivity contribution in [2.24, 2.45) is 0 Å². The van der Waals surface area contributed by atoms with Crippen LogP contribution in [0.4, 0.5) is 0 Å². The van der Waals surface area contributed by atoms with Crippen LogP contribution in [0.25, 0.3) is 0 Å². The molecule has 0 aromatic heterocycles. The molecule has 0 aliphatic carbocycles. The smallest absolute Gasteiger partial charge is 0.254 e. The van der Waals surface area contributed by atoms with Gasteiger partial charge in [-0.1, -0.05) is 23.7 Å². The Morgan fingerprint density at radius 2 is 1.75 bits per heavy atom. The minimum atomic E-state index is -0.318. The van der Waals surface area contributed by atoms with Crippen molar-refractivity contribution in [1.29, 1.82) is 0 Å². The van der Waals surface area contributed by atoms with E-state index in [1.165, 1.54) is 0 Å². The van der Waals surface area contributed by atoms with E-state index in [1.807, 2.05) is 24.3 Å². The normalized spacial score (nSPS) is 18.5. The summed E-state index contributed by atoms with van der Waals surface area (Å²) in [6, 6.07) is 12.6. The molecule has 32 heavy (non-hydrogen) atoms. The lowest BCUT2D eigenvalue weighted by molar-refractivity contribution is -0.142. The number of benzene rings is 2. The van der Waals surface area contributed by atoms with Crippen LogP contribution in [-0.2, 0) is 16.1 Å². The molecule has 0 spiro atoms. The average Bonchev–Trinajstić information content (AvgIpc) is 3.38. The molecule has 1 atom stereocenters. The second-order valence-electron chi connectivity index (χ2n) is 7.90. The van der Waals surface area contributed by atoms with Crippen molar-refractivity contribution in [3.05, 3.63) is 58.6 Å². The van der Waals surface area contributed by atoms with E-state index in [4.69, 9.17) is 25.8 Å². The van der Waals surface area contributed by atoms with Gasteiger partial charge in [0.15, 0.2) is 11.5 Å². The molecule has 2 aliphatic heterocycles. The summed E-state index contributed by atoms with van der Waals surface area (Å²) in [6.45, 7) is 3.04. The SMILES string of the molecule is COc1cc(C(=O)N2CCN(C(=O)C3CCCO3)CC2)ccc1OCc1ccc(Cl)cc1. The van der Waals surface area contributed by atoms with E-state index in [-0.39, 0.29) is 17.9 Å². The van der Waals surface area contributed by atoms with Crippen molar-refractivity contribution >= 4 is 23.4 Å². The van der Waals surface area contributed by atoms with Gasteiger partial charge in [0.25, 0.3) is 11.8 Å². The summed E-state index contributed by atoms with van der Waals surface area (Å²) in [5.41, 5.74) is 1.51. The summed E-state index contributed by atoms with van der Waals surface area (Å²) in [7, 11) is 1.55. The molecule has 2 fully saturated rings. The quantitative estimate of drug-likeness (QED) is 0.663. The summed E-state index contributed by atoms with van der Waals surface area (Å²) in [5, 5.41) is 0.672. The van der Waals surface area contributed by atoms with Crippen LogP contribution >= 0.6 is 11.6 Å². The van der Waals surface area contributed by atoms with Crippen molar-refractivity contribution < 1.29 is 23.8 Å². The zero-order chi connectivity index (χ0) is 22.5. The fraction of sp³-hybridized carbons (Fsp3) is 0.417. The fourth-order valence-electron chi connectivity index (χ4n) is 3.95. The summed E-state index contributed by atoms with van der Waals surface area (Å²) >= 11 is 5.92. The van der Waals surface area contributed by atoms with Gasteiger partial charge in [-0.15, -0.1) is 0 Å². The first kappa shape index (κ1) is 22.4. The minimum Gasteiger partial charge on any atom is -0.493 e. The number of nitrogens with zero attached hydrogens (tertiary/aromatic N) is 2. The molecule has 2 aliphatic rings. The third-order valence-corrected chi connectivity index (χ3v) is 6.05. The first-order valence-electron chi connectivity index (χ1n) is 10.8. The van der Waals surface area contributed by atoms with Gasteiger partial charge in [-0.3, -0.25) is 9.59 Å². The summed E-state index contributed by atoms with van der Waals surface area (Å²) in [4.78, 5) is 29.1. The van der Waals surface area contributed by atoms with Gasteiger partial charge in [-0.25, -0.2) is 0 Å². The highest BCUT2D eigenvalue weighted by atomic mass is 35.5. The monoisotopic (exact) mass is 458 g/mol. The molecular weight excluding hydrogens is 432 g/mol. The molecule has 7 nitrogen and oxygen atoms in total. The van der Waals surface area contributed by atoms with E-state index < -0.39 is 0 Å². The Kier molecular flexibility index (Phi) is 7.17. The van der Waals surface area contributed by atoms with Crippen molar-refractivity contribution in [3.63, 3.8) is 0 Å². The van der Waals surface area contributed by atoms with Crippen molar-refractivity contribution in [1.82, 2.24) is 9.80 Å². The molecule has 0 saturated carbocycles. The van der Waals surface area contributed by atoms with Crippen LogP contribution in [-0.4, -0.2) is 67.6 Å². The molecule has 8 heteroatoms. The second-order valence-corrected chi connectivity index (χ2v) is 8.34. The molecule has 2 saturated heterocycles. The van der Waals surface area contributed by atoms with E-state index in [9.17, 15) is 9.59 Å². The van der Waals surface area contributed by atoms with Gasteiger partial charge in [0.05, 0.1) is 7.11 Å². The molecular formula is C24H27ClN2O5. The lowest BCUT2D eigenvalue weighted by atomic mass is 10.1. The molecule has 2 aromatic carbocycles. The Bertz CT molecular complexity index is 951. The van der Waals surface area contributed by atoms with Crippen molar-refractivity contribution in [2.75, 3.05) is 39.9 Å². The number of carbonyl (C=O) groups is 2. The highest BCUT2D eigenvalue weighted by Gasteiger charge is 2.31. The first-order valence-corrected chi connectivity index (χ1v) is 11.2. The summed E-state index contributed by atoms with van der Waals surface area (Å²) in [6.07, 6.45) is 1.39. The van der Waals surface area contributed by atoms with Crippen molar-refractivity contribution in [3.8, 4) is 11.5 Å². The predicted molar refractivity (Wildman–Crippen MR) is 120 cm³/mol. The van der Waals surface area contributed by atoms with Crippen LogP contribution in [0, 0.1) is 0 Å². The summed E-state index contributed by atoms with van der Waals surface area (Å²) in [5.74, 6) is 1.01. The molecule has 2 heterocycles. The zero-order valence-electron chi connectivity index (χ0n) is 18.1. The number of halogens is 1. The number of methoxy groups -OCH3 is 1. The zero-order valence-corrected chi connectivity index (χ0v) is 18.8. The molecule has 1 unspecified atom stereocenters. The van der Waals surface area contributed by atoms with Gasteiger partial charge in [0.2, 0.25) is 0 Å². The second kappa shape index (κ2) is 10.2. The van der Waals surface area contributed by atoms with Crippen molar-refractivity contribution in [2.45, 2.75) is 25.6 Å². The first-order chi connectivity index (χ1) is 15.5. The fourth-order valence-corrected chi connectivity index (χ4v) is 4.08. The Morgan fingerprint density at radius 1 is 1.03 bits per heavy atom. The van der Waals surface area contributed by atoms with Gasteiger partial charge in [-0.2, -0.15) is 0 Å². The van der Waals surface area contributed by atoms with E-state index >= 15 is 0 Å². The van der Waals surface area contributed by atoms with Crippen LogP contribution < -0.4 is 9.47 Å². The topological polar surface area (TPSA) is 68.3 Å². The molecule has 170 valence electrons. The van der Waals surface area contributed by atoms with E-state index in [0.717, 1.165) is 18.4 Å². The van der Waals surface area contributed by atoms with Crippen LogP contribution in [0.2, 0.25) is 5.02 Å². The largest absolute Gasteiger partial charge is 0.493 e. The molecule has 0 bridgehead atoms. The highest BCUT2D eigenvalue weighted by Crippen LogP contribution is 2.29. The molecule has 2 amide bonds. The van der Waals surface area contributed by atoms with E-state index in [0.29, 0.717) is 61.5 Å². The van der Waals surface area contributed by atoms with Crippen LogP contribution in [0.3, 0.4) is 0 Å². The Balaban J connectivity index is 1.35. The van der Waals surface area contributed by atoms with Crippen LogP contribution in [0.1, 0.15) is 28.8 Å². The third kappa shape index (κ3) is 5.16. The van der Waals surface area contributed by atoms with Gasteiger partial charge >= 0.3 is 0 Å². The van der Waals surface area contributed by atoms with Crippen LogP contribution in [0.5, 0.6) is 11.5 Å². The number of carbonyl (C=O) groups excluding carboxylic acids is 2. The number of piperazine rings is 1. The minimum absolute atomic E-state index is 0.0402. The maximum Gasteiger partial charge on any atom is 0.254 e. The van der Waals surface area contributed by atoms with Gasteiger partial charge in [0, 0.05) is 43.4 Å². The molecule has 0 N–H and O–H groups in total. The highest BCUT2D eigenvalue weighted by molar-refractivity contribution is 6.30. The van der Waals surface area contributed by atoms with E-state index in [1.54, 1.807) is 35.1 Å².